The van der Waals surface area contributed by atoms with Crippen LogP contribution in [0.4, 0.5) is 0 Å². The number of aliphatic hydroxyl groups is 3. The van der Waals surface area contributed by atoms with Crippen LogP contribution >= 0.6 is 0 Å². The summed E-state index contributed by atoms with van der Waals surface area (Å²) in [5.41, 5.74) is -0.861. The van der Waals surface area contributed by atoms with Crippen molar-refractivity contribution in [3.63, 3.8) is 0 Å². The summed E-state index contributed by atoms with van der Waals surface area (Å²) in [6.07, 6.45) is -1.02. The number of aliphatic hydroxyl groups excluding tert-OH is 2. The molecule has 1 aliphatic carbocycles. The normalized spacial score (nSPS) is 48.3. The minimum atomic E-state index is -1.37. The lowest BCUT2D eigenvalue weighted by Crippen LogP contribution is -2.40. The lowest BCUT2D eigenvalue weighted by Gasteiger charge is -2.26. The first kappa shape index (κ1) is 9.77. The van der Waals surface area contributed by atoms with Gasteiger partial charge in [-0.15, -0.1) is 0 Å². The Kier molecular flexibility index (Phi) is 2.34. The molecule has 4 heteroatoms. The molecule has 1 fully saturated rings. The second-order valence-corrected chi connectivity index (χ2v) is 3.51. The largest absolute Gasteiger partial charge is 0.396 e. The van der Waals surface area contributed by atoms with Crippen LogP contribution in [0.1, 0.15) is 6.92 Å². The van der Waals surface area contributed by atoms with Crippen LogP contribution in [-0.2, 0) is 0 Å². The summed E-state index contributed by atoms with van der Waals surface area (Å²) in [5, 5.41) is 28.0. The Balaban J connectivity index is 2.94. The number of hydrogen-bond donors (Lipinski definition) is 3. The number of rotatable bonds is 1. The molecule has 3 N–H and O–H groups in total. The molecule has 66 valence electrons. The predicted molar refractivity (Wildman–Crippen MR) is 45.9 cm³/mol. The van der Waals surface area contributed by atoms with Crippen molar-refractivity contribution in [3.8, 4) is 0 Å². The zero-order valence-electron chi connectivity index (χ0n) is 7.07. The average molecular weight is 168 g/mol. The fourth-order valence-electron chi connectivity index (χ4n) is 1.62. The van der Waals surface area contributed by atoms with Crippen LogP contribution in [-0.4, -0.2) is 41.5 Å². The summed E-state index contributed by atoms with van der Waals surface area (Å²) in [5.74, 6) is -1.17. The van der Waals surface area contributed by atoms with E-state index in [9.17, 15) is 10.2 Å². The zero-order valence-corrected chi connectivity index (χ0v) is 7.07. The van der Waals surface area contributed by atoms with Crippen LogP contribution in [0.3, 0.4) is 0 Å². The molecule has 1 saturated carbocycles. The highest BCUT2D eigenvalue weighted by atomic mass is 16.3. The van der Waals surface area contributed by atoms with E-state index in [4.69, 9.17) is 13.0 Å². The molecule has 12 heavy (non-hydrogen) atoms. The first-order chi connectivity index (χ1) is 5.42. The number of hydrogen-bond acceptors (Lipinski definition) is 3. The molecule has 0 aromatic heterocycles. The zero-order chi connectivity index (χ0) is 9.52. The maximum Gasteiger partial charge on any atom is 0.0909 e. The van der Waals surface area contributed by atoms with Crippen LogP contribution in [0.15, 0.2) is 12.2 Å². The Hall–Kier alpha value is -0.315. The van der Waals surface area contributed by atoms with Crippen molar-refractivity contribution in [2.75, 3.05) is 6.61 Å². The smallest absolute Gasteiger partial charge is 0.0909 e. The maximum atomic E-state index is 9.66. The van der Waals surface area contributed by atoms with Gasteiger partial charge in [0.25, 0.3) is 0 Å². The van der Waals surface area contributed by atoms with Gasteiger partial charge in [-0.25, -0.2) is 0 Å². The topological polar surface area (TPSA) is 60.7 Å². The molecule has 1 aliphatic rings. The molecular weight excluding hydrogens is 155 g/mol. The Morgan fingerprint density at radius 2 is 2.17 bits per heavy atom. The van der Waals surface area contributed by atoms with Crippen LogP contribution in [0, 0.1) is 5.92 Å². The van der Waals surface area contributed by atoms with E-state index in [0.29, 0.717) is 5.57 Å². The van der Waals surface area contributed by atoms with Gasteiger partial charge in [-0.3, -0.25) is 0 Å². The van der Waals surface area contributed by atoms with Gasteiger partial charge in [-0.2, -0.15) is 0 Å². The van der Waals surface area contributed by atoms with Crippen LogP contribution < -0.4 is 0 Å². The molecule has 4 unspecified atom stereocenters. The summed E-state index contributed by atoms with van der Waals surface area (Å²) in [6, 6.07) is 0. The second kappa shape index (κ2) is 2.87. The predicted octanol–water partition coefficient (Wildman–Crippen LogP) is -0.766. The van der Waals surface area contributed by atoms with E-state index in [-0.39, 0.29) is 6.61 Å². The van der Waals surface area contributed by atoms with Crippen LogP contribution in [0.2, 0.25) is 5.82 Å². The van der Waals surface area contributed by atoms with Crippen LogP contribution in [0.25, 0.3) is 0 Å². The van der Waals surface area contributed by atoms with Crippen molar-refractivity contribution in [3.05, 3.63) is 12.2 Å². The molecule has 0 bridgehead atoms. The van der Waals surface area contributed by atoms with Gasteiger partial charge in [-0.05, 0) is 12.7 Å². The van der Waals surface area contributed by atoms with Crippen molar-refractivity contribution in [2.24, 2.45) is 5.92 Å². The van der Waals surface area contributed by atoms with E-state index >= 15 is 0 Å². The molecule has 0 saturated heterocycles. The van der Waals surface area contributed by atoms with Crippen molar-refractivity contribution in [2.45, 2.75) is 24.4 Å². The third kappa shape index (κ3) is 1.11. The Morgan fingerprint density at radius 3 is 2.33 bits per heavy atom. The van der Waals surface area contributed by atoms with E-state index in [1.807, 2.05) is 0 Å². The highest BCUT2D eigenvalue weighted by Crippen LogP contribution is 2.45. The molecule has 0 spiro atoms. The van der Waals surface area contributed by atoms with Crippen molar-refractivity contribution < 1.29 is 15.3 Å². The van der Waals surface area contributed by atoms with Gasteiger partial charge >= 0.3 is 0 Å². The van der Waals surface area contributed by atoms with Gasteiger partial charge in [-0.1, -0.05) is 12.2 Å². The van der Waals surface area contributed by atoms with Crippen molar-refractivity contribution in [1.29, 1.82) is 0 Å². The summed E-state index contributed by atoms with van der Waals surface area (Å²) >= 11 is 0. The van der Waals surface area contributed by atoms with E-state index in [1.165, 1.54) is 6.92 Å². The van der Waals surface area contributed by atoms with Crippen molar-refractivity contribution in [1.82, 2.24) is 0 Å². The highest BCUT2D eigenvalue weighted by molar-refractivity contribution is 6.15. The lowest BCUT2D eigenvalue weighted by atomic mass is 9.74. The first-order valence-electron chi connectivity index (χ1n) is 3.88. The third-order valence-electron chi connectivity index (χ3n) is 2.68. The average Bonchev–Trinajstić information content (AvgIpc) is 2.15. The molecule has 0 aliphatic heterocycles. The quantitative estimate of drug-likeness (QED) is 0.356. The van der Waals surface area contributed by atoms with E-state index < -0.39 is 23.4 Å². The van der Waals surface area contributed by atoms with Gasteiger partial charge < -0.3 is 15.3 Å². The summed E-state index contributed by atoms with van der Waals surface area (Å²) < 4.78 is 0. The summed E-state index contributed by atoms with van der Waals surface area (Å²) in [6.45, 7) is 4.84. The molecule has 0 heterocycles. The van der Waals surface area contributed by atoms with Gasteiger partial charge in [0.05, 0.1) is 26.2 Å². The molecule has 2 radical (unpaired) electrons. The van der Waals surface area contributed by atoms with Gasteiger partial charge in [0.2, 0.25) is 0 Å². The summed E-state index contributed by atoms with van der Waals surface area (Å²) in [7, 11) is 5.59. The first-order valence-corrected chi connectivity index (χ1v) is 3.88. The highest BCUT2D eigenvalue weighted by Gasteiger charge is 2.49. The molecule has 0 aromatic carbocycles. The van der Waals surface area contributed by atoms with E-state index in [0.717, 1.165) is 0 Å². The molecule has 4 atom stereocenters. The molecule has 0 aromatic rings. The maximum absolute atomic E-state index is 9.66. The standard InChI is InChI=1S/C8H13BO3/c1-4-5(3-10)7(11)8(2,12)6(4)9/h5-7,10-12H,1,3H2,2H3. The van der Waals surface area contributed by atoms with Crippen molar-refractivity contribution >= 4 is 7.85 Å². The van der Waals surface area contributed by atoms with Gasteiger partial charge in [0.15, 0.2) is 0 Å². The molecule has 3 nitrogen and oxygen atoms in total. The van der Waals surface area contributed by atoms with Gasteiger partial charge in [0.1, 0.15) is 0 Å². The Labute approximate surface area is 73.1 Å². The second-order valence-electron chi connectivity index (χ2n) is 3.51. The Bertz CT molecular complexity index is 202. The molecular formula is C8H13BO3. The minimum absolute atomic E-state index is 0.232. The third-order valence-corrected chi connectivity index (χ3v) is 2.68. The van der Waals surface area contributed by atoms with E-state index in [2.05, 4.69) is 6.58 Å². The lowest BCUT2D eigenvalue weighted by molar-refractivity contribution is -0.0599. The fraction of sp³-hybridized carbons (Fsp3) is 0.750. The SMILES string of the molecule is [B]C1C(=C)C(CO)C(O)C1(C)O. The molecule has 1 rings (SSSR count). The fourth-order valence-corrected chi connectivity index (χ4v) is 1.62. The minimum Gasteiger partial charge on any atom is -0.396 e. The molecule has 0 amide bonds. The van der Waals surface area contributed by atoms with Gasteiger partial charge in [0, 0.05) is 5.92 Å². The van der Waals surface area contributed by atoms with Crippen LogP contribution in [0.5, 0.6) is 0 Å². The Morgan fingerprint density at radius 1 is 1.67 bits per heavy atom. The summed E-state index contributed by atoms with van der Waals surface area (Å²) in [4.78, 5) is 0. The monoisotopic (exact) mass is 168 g/mol. The van der Waals surface area contributed by atoms with E-state index in [1.54, 1.807) is 0 Å².